The fourth-order valence-electron chi connectivity index (χ4n) is 1.73. The summed E-state index contributed by atoms with van der Waals surface area (Å²) in [5.74, 6) is -0.456. The van der Waals surface area contributed by atoms with Crippen molar-refractivity contribution in [2.75, 3.05) is 5.32 Å². The number of nitro groups is 1. The Morgan fingerprint density at radius 3 is 2.59 bits per heavy atom. The lowest BCUT2D eigenvalue weighted by atomic mass is 10.1. The molecule has 0 fully saturated rings. The van der Waals surface area contributed by atoms with Crippen molar-refractivity contribution in [1.29, 1.82) is 0 Å². The molecule has 7 heteroatoms. The number of nitro benzene ring substituents is 1. The third kappa shape index (κ3) is 4.07. The van der Waals surface area contributed by atoms with Gasteiger partial charge in [0.2, 0.25) is 5.91 Å². The third-order valence-electron chi connectivity index (χ3n) is 2.74. The number of carbonyl (C=O) groups excluding carboxylic acids is 1. The van der Waals surface area contributed by atoms with Crippen LogP contribution in [0.1, 0.15) is 5.56 Å². The van der Waals surface area contributed by atoms with Crippen LogP contribution in [-0.4, -0.2) is 10.8 Å². The number of hydrogen-bond donors (Lipinski definition) is 1. The van der Waals surface area contributed by atoms with Gasteiger partial charge in [-0.3, -0.25) is 14.9 Å². The van der Waals surface area contributed by atoms with Crippen LogP contribution < -0.4 is 5.32 Å². The highest BCUT2D eigenvalue weighted by molar-refractivity contribution is 6.36. The van der Waals surface area contributed by atoms with Crippen molar-refractivity contribution in [3.8, 4) is 0 Å². The van der Waals surface area contributed by atoms with Crippen molar-refractivity contribution in [2.45, 2.75) is 0 Å². The number of amides is 1. The monoisotopic (exact) mass is 336 g/mol. The van der Waals surface area contributed by atoms with E-state index < -0.39 is 10.8 Å². The van der Waals surface area contributed by atoms with E-state index in [2.05, 4.69) is 5.32 Å². The van der Waals surface area contributed by atoms with Crippen LogP contribution in [-0.2, 0) is 4.79 Å². The lowest BCUT2D eigenvalue weighted by molar-refractivity contribution is -0.385. The first-order valence-electron chi connectivity index (χ1n) is 6.15. The van der Waals surface area contributed by atoms with Crippen molar-refractivity contribution in [1.82, 2.24) is 0 Å². The van der Waals surface area contributed by atoms with Gasteiger partial charge in [-0.15, -0.1) is 0 Å². The molecule has 22 heavy (non-hydrogen) atoms. The summed E-state index contributed by atoms with van der Waals surface area (Å²) >= 11 is 11.7. The molecule has 1 amide bonds. The van der Waals surface area contributed by atoms with Gasteiger partial charge in [0.05, 0.1) is 21.2 Å². The van der Waals surface area contributed by atoms with E-state index in [9.17, 15) is 14.9 Å². The Labute approximate surface area is 136 Å². The summed E-state index contributed by atoms with van der Waals surface area (Å²) in [6, 6.07) is 10.8. The highest BCUT2D eigenvalue weighted by Gasteiger charge is 2.10. The molecule has 0 aliphatic rings. The van der Waals surface area contributed by atoms with Crippen LogP contribution in [0.2, 0.25) is 10.0 Å². The molecule has 0 saturated heterocycles. The number of halogens is 2. The molecule has 0 radical (unpaired) electrons. The van der Waals surface area contributed by atoms with Gasteiger partial charge >= 0.3 is 0 Å². The lowest BCUT2D eigenvalue weighted by Gasteiger charge is -2.04. The third-order valence-corrected chi connectivity index (χ3v) is 3.28. The van der Waals surface area contributed by atoms with Crippen molar-refractivity contribution in [2.24, 2.45) is 0 Å². The summed E-state index contributed by atoms with van der Waals surface area (Å²) in [5.41, 5.74) is 0.671. The van der Waals surface area contributed by atoms with Gasteiger partial charge in [-0.25, -0.2) is 0 Å². The molecule has 2 aromatic rings. The lowest BCUT2D eigenvalue weighted by Crippen LogP contribution is -2.08. The summed E-state index contributed by atoms with van der Waals surface area (Å²) in [7, 11) is 0. The number of nitrogens with one attached hydrogen (secondary N) is 1. The first-order valence-corrected chi connectivity index (χ1v) is 6.90. The van der Waals surface area contributed by atoms with E-state index in [1.54, 1.807) is 30.3 Å². The van der Waals surface area contributed by atoms with Crippen LogP contribution in [0.5, 0.6) is 0 Å². The second-order valence-corrected chi connectivity index (χ2v) is 5.11. The van der Waals surface area contributed by atoms with Crippen molar-refractivity contribution < 1.29 is 9.72 Å². The Morgan fingerprint density at radius 2 is 1.91 bits per heavy atom. The molecule has 0 aliphatic carbocycles. The maximum atomic E-state index is 11.8. The maximum absolute atomic E-state index is 11.8. The molecule has 0 saturated carbocycles. The minimum atomic E-state index is -0.506. The molecule has 0 spiro atoms. The standard InChI is InChI=1S/C15H10Cl2N2O3/c16-11-6-7-13(12(17)9-11)18-15(20)8-5-10-3-1-2-4-14(10)19(21)22/h1-9H,(H,18,20). The zero-order valence-electron chi connectivity index (χ0n) is 11.1. The molecule has 0 aliphatic heterocycles. The minimum absolute atomic E-state index is 0.0731. The van der Waals surface area contributed by atoms with Crippen molar-refractivity contribution >= 4 is 46.6 Å². The Morgan fingerprint density at radius 1 is 1.18 bits per heavy atom. The average Bonchev–Trinajstić information content (AvgIpc) is 2.48. The Hall–Kier alpha value is -2.37. The number of nitrogens with zero attached hydrogens (tertiary/aromatic N) is 1. The van der Waals surface area contributed by atoms with E-state index in [0.717, 1.165) is 0 Å². The molecular formula is C15H10Cl2N2O3. The number of carbonyl (C=O) groups is 1. The van der Waals surface area contributed by atoms with E-state index in [4.69, 9.17) is 23.2 Å². The highest BCUT2D eigenvalue weighted by Crippen LogP contribution is 2.25. The van der Waals surface area contributed by atoms with Crippen LogP contribution in [0.25, 0.3) is 6.08 Å². The normalized spacial score (nSPS) is 10.6. The Kier molecular flexibility index (Phi) is 5.14. The predicted molar refractivity (Wildman–Crippen MR) is 87.2 cm³/mol. The van der Waals surface area contributed by atoms with Gasteiger partial charge in [-0.05, 0) is 30.3 Å². The number of benzene rings is 2. The zero-order chi connectivity index (χ0) is 16.1. The van der Waals surface area contributed by atoms with Gasteiger partial charge in [0.25, 0.3) is 5.69 Å². The van der Waals surface area contributed by atoms with E-state index in [1.165, 1.54) is 24.3 Å². The molecular weight excluding hydrogens is 327 g/mol. The highest BCUT2D eigenvalue weighted by atomic mass is 35.5. The molecule has 0 unspecified atom stereocenters. The fraction of sp³-hybridized carbons (Fsp3) is 0. The smallest absolute Gasteiger partial charge is 0.276 e. The predicted octanol–water partition coefficient (Wildman–Crippen LogP) is 4.55. The quantitative estimate of drug-likeness (QED) is 0.505. The molecule has 5 nitrogen and oxygen atoms in total. The van der Waals surface area contributed by atoms with E-state index in [0.29, 0.717) is 21.3 Å². The van der Waals surface area contributed by atoms with Gasteiger partial charge in [-0.2, -0.15) is 0 Å². The Balaban J connectivity index is 2.14. The van der Waals surface area contributed by atoms with Crippen LogP contribution in [0.3, 0.4) is 0 Å². The molecule has 2 aromatic carbocycles. The van der Waals surface area contributed by atoms with Crippen molar-refractivity contribution in [3.63, 3.8) is 0 Å². The van der Waals surface area contributed by atoms with Crippen molar-refractivity contribution in [3.05, 3.63) is 74.3 Å². The molecule has 0 heterocycles. The summed E-state index contributed by atoms with van der Waals surface area (Å²) < 4.78 is 0. The van der Waals surface area contributed by atoms with Gasteiger partial charge in [0.1, 0.15) is 0 Å². The Bertz CT molecular complexity index is 760. The van der Waals surface area contributed by atoms with Gasteiger partial charge in [-0.1, -0.05) is 35.3 Å². The van der Waals surface area contributed by atoms with Gasteiger partial charge < -0.3 is 5.32 Å². The summed E-state index contributed by atoms with van der Waals surface area (Å²) in [6.45, 7) is 0. The molecule has 112 valence electrons. The number of anilines is 1. The second kappa shape index (κ2) is 7.06. The minimum Gasteiger partial charge on any atom is -0.321 e. The summed E-state index contributed by atoms with van der Waals surface area (Å²) in [6.07, 6.45) is 2.57. The molecule has 0 aromatic heterocycles. The average molecular weight is 337 g/mol. The number of para-hydroxylation sites is 1. The van der Waals surface area contributed by atoms with Crippen LogP contribution in [0.15, 0.2) is 48.5 Å². The summed E-state index contributed by atoms with van der Waals surface area (Å²) in [4.78, 5) is 22.2. The topological polar surface area (TPSA) is 72.2 Å². The SMILES string of the molecule is O=C(C=Cc1ccccc1[N+](=O)[O-])Nc1ccc(Cl)cc1Cl. The van der Waals surface area contributed by atoms with E-state index >= 15 is 0 Å². The van der Waals surface area contributed by atoms with Gasteiger partial charge in [0, 0.05) is 17.2 Å². The maximum Gasteiger partial charge on any atom is 0.276 e. The molecule has 2 rings (SSSR count). The molecule has 1 N–H and O–H groups in total. The van der Waals surface area contributed by atoms with E-state index in [1.807, 2.05) is 0 Å². The number of hydrogen-bond acceptors (Lipinski definition) is 3. The van der Waals surface area contributed by atoms with Gasteiger partial charge in [0.15, 0.2) is 0 Å². The number of rotatable bonds is 4. The zero-order valence-corrected chi connectivity index (χ0v) is 12.6. The van der Waals surface area contributed by atoms with Crippen LogP contribution >= 0.6 is 23.2 Å². The first kappa shape index (κ1) is 16.0. The second-order valence-electron chi connectivity index (χ2n) is 4.26. The largest absolute Gasteiger partial charge is 0.321 e. The van der Waals surface area contributed by atoms with Crippen LogP contribution in [0.4, 0.5) is 11.4 Å². The molecule has 0 bridgehead atoms. The summed E-state index contributed by atoms with van der Waals surface area (Å²) in [5, 5.41) is 14.2. The fourth-order valence-corrected chi connectivity index (χ4v) is 2.18. The van der Waals surface area contributed by atoms with E-state index in [-0.39, 0.29) is 5.69 Å². The van der Waals surface area contributed by atoms with Crippen LogP contribution in [0, 0.1) is 10.1 Å². The molecule has 0 atom stereocenters. The first-order chi connectivity index (χ1) is 10.5.